The molecule has 0 unspecified atom stereocenters. The number of carbonyl (C=O) groups is 2. The highest BCUT2D eigenvalue weighted by Gasteiger charge is 2.77. The predicted octanol–water partition coefficient (Wildman–Crippen LogP) is 1.82. The van der Waals surface area contributed by atoms with Crippen LogP contribution in [0.4, 0.5) is 0 Å². The molecule has 1 aromatic heterocycles. The second-order valence-electron chi connectivity index (χ2n) is 24.2. The number of hydrogen-bond donors (Lipinski definition) is 7. The van der Waals surface area contributed by atoms with E-state index in [1.54, 1.807) is 53.3 Å². The molecule has 4 aliphatic heterocycles. The molecule has 0 bridgehead atoms. The SMILES string of the molecule is CO[C@H]1[C@@H](O)[C@H](O[C@@H]2[C@@H](C)O[C@@H](O[C@H]3[C@@H](OC)C[C@H](O[C@H]4CC[C@@]5(C)[C@@H](CC[C@@H]6[C@@H]5C[C@@H](OC(C)=O)[C@]5(C)[C@](O)([C@H](C)OC(=O)c7cccnc7)CC[C@]65O)C4)O[C@@H]3C)C[C@H]2OC)O[C@H](C)[C@H]1O[C@@H]1O[C@H](CO)[C@@H](O)[C@H](O)[C@H]1O. The molecule has 79 heavy (non-hydrogen) atoms. The Morgan fingerprint density at radius 1 is 0.709 bits per heavy atom. The first kappa shape index (κ1) is 60.9. The third-order valence-corrected chi connectivity index (χ3v) is 20.2. The highest BCUT2D eigenvalue weighted by atomic mass is 16.8. The average Bonchev–Trinajstić information content (AvgIpc) is 2.28. The number of ether oxygens (including phenoxy) is 13. The zero-order valence-corrected chi connectivity index (χ0v) is 47.1. The number of nitrogens with zero attached hydrogens (tertiary/aromatic N) is 1. The maximum atomic E-state index is 13.3. The monoisotopic (exact) mass is 1130 g/mol. The Balaban J connectivity index is 0.792. The third kappa shape index (κ3) is 11.1. The van der Waals surface area contributed by atoms with Crippen LogP contribution in [0.15, 0.2) is 24.5 Å². The van der Waals surface area contributed by atoms with Crippen molar-refractivity contribution in [1.29, 1.82) is 0 Å². The molecule has 0 amide bonds. The highest BCUT2D eigenvalue weighted by molar-refractivity contribution is 5.89. The molecule has 9 rings (SSSR count). The van der Waals surface area contributed by atoms with Crippen LogP contribution < -0.4 is 0 Å². The minimum atomic E-state index is -1.71. The number of hydrogen-bond acceptors (Lipinski definition) is 23. The Bertz CT molecular complexity index is 2220. The topological polar surface area (TPSA) is 309 Å². The molecule has 8 fully saturated rings. The van der Waals surface area contributed by atoms with Crippen LogP contribution in [0.2, 0.25) is 0 Å². The van der Waals surface area contributed by atoms with Crippen molar-refractivity contribution in [2.24, 2.45) is 28.6 Å². The van der Waals surface area contributed by atoms with E-state index in [1.807, 2.05) is 13.8 Å². The summed E-state index contributed by atoms with van der Waals surface area (Å²) in [4.78, 5) is 30.2. The van der Waals surface area contributed by atoms with Gasteiger partial charge in [-0.05, 0) is 114 Å². The quantitative estimate of drug-likeness (QED) is 0.0917. The van der Waals surface area contributed by atoms with Gasteiger partial charge in [-0.25, -0.2) is 4.79 Å². The van der Waals surface area contributed by atoms with E-state index in [2.05, 4.69) is 11.9 Å². The maximum absolute atomic E-state index is 13.3. The van der Waals surface area contributed by atoms with Gasteiger partial charge in [-0.2, -0.15) is 0 Å². The Morgan fingerprint density at radius 2 is 1.34 bits per heavy atom. The molecular weight excluding hydrogens is 1040 g/mol. The molecule has 0 aromatic carbocycles. The van der Waals surface area contributed by atoms with E-state index < -0.39 is 158 Å². The second kappa shape index (κ2) is 24.2. The van der Waals surface area contributed by atoms with Crippen LogP contribution in [0.3, 0.4) is 0 Å². The molecule has 28 atom stereocenters. The lowest BCUT2D eigenvalue weighted by Crippen LogP contribution is -2.72. The molecule has 23 heteroatoms. The molecule has 7 N–H and O–H groups in total. The Hall–Kier alpha value is -2.63. The number of methoxy groups -OCH3 is 3. The largest absolute Gasteiger partial charge is 0.462 e. The molecule has 4 saturated carbocycles. The lowest BCUT2D eigenvalue weighted by molar-refractivity contribution is -0.373. The van der Waals surface area contributed by atoms with Gasteiger partial charge in [-0.15, -0.1) is 0 Å². The number of rotatable bonds is 16. The summed E-state index contributed by atoms with van der Waals surface area (Å²) in [5.41, 5.74) is -4.47. The minimum absolute atomic E-state index is 0.0289. The van der Waals surface area contributed by atoms with Crippen LogP contribution in [0.5, 0.6) is 0 Å². The summed E-state index contributed by atoms with van der Waals surface area (Å²) in [5.74, 6) is -1.15. The lowest BCUT2D eigenvalue weighted by atomic mass is 9.42. The average molecular weight is 1130 g/mol. The third-order valence-electron chi connectivity index (χ3n) is 20.2. The van der Waals surface area contributed by atoms with Gasteiger partial charge in [0.15, 0.2) is 25.2 Å². The van der Waals surface area contributed by atoms with E-state index in [0.717, 1.165) is 25.7 Å². The molecule has 23 nitrogen and oxygen atoms in total. The number of carbonyl (C=O) groups excluding carboxylic acids is 2. The van der Waals surface area contributed by atoms with Gasteiger partial charge in [-0.1, -0.05) is 13.8 Å². The molecule has 1 aromatic rings. The van der Waals surface area contributed by atoms with Gasteiger partial charge < -0.3 is 97.3 Å². The van der Waals surface area contributed by atoms with Gasteiger partial charge in [0.1, 0.15) is 72.7 Å². The number of esters is 2. The number of aromatic nitrogens is 1. The number of aliphatic hydroxyl groups is 7. The summed E-state index contributed by atoms with van der Waals surface area (Å²) in [6, 6.07) is 3.22. The maximum Gasteiger partial charge on any atom is 0.340 e. The highest BCUT2D eigenvalue weighted by Crippen LogP contribution is 2.71. The van der Waals surface area contributed by atoms with Gasteiger partial charge in [0.05, 0.1) is 59.8 Å². The first-order valence-corrected chi connectivity index (χ1v) is 28.3. The lowest BCUT2D eigenvalue weighted by Gasteiger charge is -2.66. The van der Waals surface area contributed by atoms with E-state index in [0.29, 0.717) is 19.3 Å². The number of fused-ring (bicyclic) bond motifs is 5. The van der Waals surface area contributed by atoms with Gasteiger partial charge in [-0.3, -0.25) is 9.78 Å². The summed E-state index contributed by atoms with van der Waals surface area (Å²) in [6.45, 7) is 11.8. The molecule has 4 saturated heterocycles. The fourth-order valence-corrected chi connectivity index (χ4v) is 15.6. The molecule has 448 valence electrons. The summed E-state index contributed by atoms with van der Waals surface area (Å²) in [7, 11) is 4.54. The minimum Gasteiger partial charge on any atom is -0.462 e. The van der Waals surface area contributed by atoms with Crippen LogP contribution in [-0.2, 0) is 66.4 Å². The van der Waals surface area contributed by atoms with Gasteiger partial charge in [0.2, 0.25) is 0 Å². The smallest absolute Gasteiger partial charge is 0.340 e. The van der Waals surface area contributed by atoms with E-state index >= 15 is 0 Å². The summed E-state index contributed by atoms with van der Waals surface area (Å²) >= 11 is 0. The van der Waals surface area contributed by atoms with Crippen molar-refractivity contribution >= 4 is 11.9 Å². The van der Waals surface area contributed by atoms with Crippen LogP contribution in [0.25, 0.3) is 0 Å². The van der Waals surface area contributed by atoms with Crippen LogP contribution in [0, 0.1) is 28.6 Å². The fourth-order valence-electron chi connectivity index (χ4n) is 15.6. The van der Waals surface area contributed by atoms with Crippen molar-refractivity contribution < 1.29 is 107 Å². The van der Waals surface area contributed by atoms with Gasteiger partial charge >= 0.3 is 11.9 Å². The Morgan fingerprint density at radius 3 is 1.96 bits per heavy atom. The van der Waals surface area contributed by atoms with E-state index in [1.165, 1.54) is 20.2 Å². The van der Waals surface area contributed by atoms with Crippen molar-refractivity contribution in [2.45, 2.75) is 253 Å². The van der Waals surface area contributed by atoms with Crippen LogP contribution >= 0.6 is 0 Å². The van der Waals surface area contributed by atoms with Crippen LogP contribution in [-0.4, -0.2) is 221 Å². The predicted molar refractivity (Wildman–Crippen MR) is 272 cm³/mol. The van der Waals surface area contributed by atoms with E-state index in [4.69, 9.17) is 61.6 Å². The molecule has 4 aliphatic carbocycles. The molecule has 0 radical (unpaired) electrons. The summed E-state index contributed by atoms with van der Waals surface area (Å²) in [5, 5.41) is 78.3. The first-order chi connectivity index (χ1) is 37.5. The Labute approximate surface area is 462 Å². The standard InChI is InChI=1S/C56H87NO22/c1-26-46(77-41-23-37(68-9)47(27(2)71-41)78-52-45(63)49(69-10)48(28(3)72-52)79-51-44(62)43(61)42(60)38(25-58)76-51)36(67-8)22-40(70-26)75-33-15-16-53(6)32(20-33)13-14-34-35(53)21-39(74-30(5)59)54(7)55(65,17-18-56(34,54)66)29(4)73-50(64)31-12-11-19-57-24-31/h11-12,19,24,26-29,32-49,51-52,58,60-63,65-66H,13-18,20-23,25H2,1-10H3/t26-,27-,28-,29+,32+,33+,34-,35+,36+,37-,38-,39-,40+,41+,42-,43+,44-,45-,46-,47-,48-,49+,51+,52+,53+,54-,55-,56+/m1/s1. The molecule has 5 heterocycles. The first-order valence-electron chi connectivity index (χ1n) is 28.3. The summed E-state index contributed by atoms with van der Waals surface area (Å²) in [6.07, 6.45) is -11.7. The van der Waals surface area contributed by atoms with Crippen molar-refractivity contribution in [3.8, 4) is 0 Å². The normalized spacial score (nSPS) is 49.4. The number of pyridine rings is 1. The molecule has 8 aliphatic rings. The van der Waals surface area contributed by atoms with Gasteiger partial charge in [0.25, 0.3) is 0 Å². The zero-order chi connectivity index (χ0) is 57.1. The fraction of sp³-hybridized carbons (Fsp3) is 0.875. The van der Waals surface area contributed by atoms with Crippen molar-refractivity contribution in [1.82, 2.24) is 4.98 Å². The van der Waals surface area contributed by atoms with E-state index in [9.17, 15) is 45.3 Å². The zero-order valence-electron chi connectivity index (χ0n) is 47.1. The molecule has 0 spiro atoms. The Kier molecular flexibility index (Phi) is 18.6. The molecular formula is C56H87NO22. The van der Waals surface area contributed by atoms with Crippen LogP contribution in [0.1, 0.15) is 123 Å². The summed E-state index contributed by atoms with van der Waals surface area (Å²) < 4.78 is 80.2. The van der Waals surface area contributed by atoms with Gasteiger partial charge in [0, 0.05) is 53.5 Å². The van der Waals surface area contributed by atoms with E-state index in [-0.39, 0.29) is 54.1 Å². The van der Waals surface area contributed by atoms with Crippen molar-refractivity contribution in [3.05, 3.63) is 30.1 Å². The number of aliphatic hydroxyl groups excluding tert-OH is 5. The van der Waals surface area contributed by atoms with Crippen molar-refractivity contribution in [2.75, 3.05) is 27.9 Å². The second-order valence-corrected chi connectivity index (χ2v) is 24.2. The van der Waals surface area contributed by atoms with Crippen molar-refractivity contribution in [3.63, 3.8) is 0 Å².